The largest absolute Gasteiger partial charge is 0.309 e. The van der Waals surface area contributed by atoms with Crippen LogP contribution < -0.4 is 5.32 Å². The predicted octanol–water partition coefficient (Wildman–Crippen LogP) is 7.34. The van der Waals surface area contributed by atoms with Gasteiger partial charge in [0.15, 0.2) is 11.6 Å². The summed E-state index contributed by atoms with van der Waals surface area (Å²) in [5.41, 5.74) is 0.338. The Morgan fingerprint density at radius 3 is 2.00 bits per heavy atom. The topological polar surface area (TPSA) is 83.6 Å². The first-order chi connectivity index (χ1) is 16.3. The van der Waals surface area contributed by atoms with Crippen molar-refractivity contribution in [2.24, 2.45) is 0 Å². The molecule has 0 unspecified atom stereocenters. The van der Waals surface area contributed by atoms with E-state index in [1.165, 1.54) is 94.3 Å². The van der Waals surface area contributed by atoms with Gasteiger partial charge in [-0.1, -0.05) is 103 Å². The normalized spacial score (nSPS) is 10.8. The van der Waals surface area contributed by atoms with Crippen LogP contribution in [0.15, 0.2) is 30.6 Å². The van der Waals surface area contributed by atoms with Gasteiger partial charge in [0.25, 0.3) is 0 Å². The molecule has 2 heterocycles. The van der Waals surface area contributed by atoms with E-state index in [-0.39, 0.29) is 5.91 Å². The maximum Gasteiger partial charge on any atom is 0.225 e. The molecular weight excluding hydrogens is 410 g/mol. The molecule has 0 fully saturated rings. The maximum atomic E-state index is 12.4. The Balaban J connectivity index is 1.52. The highest BCUT2D eigenvalue weighted by molar-refractivity contribution is 5.91. The fraction of sp³-hybridized carbons (Fsp3) is 0.630. The van der Waals surface area contributed by atoms with Crippen LogP contribution in [0.1, 0.15) is 115 Å². The quantitative estimate of drug-likeness (QED) is 0.240. The zero-order chi connectivity index (χ0) is 23.6. The Kier molecular flexibility index (Phi) is 13.6. The fourth-order valence-electron chi connectivity index (χ4n) is 4.05. The van der Waals surface area contributed by atoms with Gasteiger partial charge in [0, 0.05) is 12.6 Å². The van der Waals surface area contributed by atoms with Crippen LogP contribution in [0, 0.1) is 11.3 Å². The third-order valence-corrected chi connectivity index (χ3v) is 6.02. The second kappa shape index (κ2) is 16.9. The Morgan fingerprint density at radius 2 is 1.48 bits per heavy atom. The van der Waals surface area contributed by atoms with Crippen molar-refractivity contribution in [3.63, 3.8) is 0 Å². The van der Waals surface area contributed by atoms with Gasteiger partial charge in [-0.25, -0.2) is 4.98 Å². The summed E-state index contributed by atoms with van der Waals surface area (Å²) in [5, 5.41) is 16.4. The molecule has 0 saturated carbocycles. The molecular formula is C27H41N5O. The summed E-state index contributed by atoms with van der Waals surface area (Å²) in [6.07, 6.45) is 23.1. The minimum atomic E-state index is -0.0844. The molecule has 180 valence electrons. The first-order valence-electron chi connectivity index (χ1n) is 13.0. The number of rotatable bonds is 18. The molecule has 33 heavy (non-hydrogen) atoms. The third kappa shape index (κ3) is 10.7. The van der Waals surface area contributed by atoms with Gasteiger partial charge in [0.1, 0.15) is 11.6 Å². The number of nitrogens with one attached hydrogen (secondary N) is 1. The van der Waals surface area contributed by atoms with Gasteiger partial charge in [-0.2, -0.15) is 15.0 Å². The monoisotopic (exact) mass is 451 g/mol. The van der Waals surface area contributed by atoms with E-state index in [4.69, 9.17) is 0 Å². The second-order valence-electron chi connectivity index (χ2n) is 8.87. The lowest BCUT2D eigenvalue weighted by molar-refractivity contribution is -0.116. The minimum Gasteiger partial charge on any atom is -0.309 e. The highest BCUT2D eigenvalue weighted by Crippen LogP contribution is 2.19. The number of carbonyl (C=O) groups is 1. The number of hydrogen-bond acceptors (Lipinski definition) is 4. The Bertz CT molecular complexity index is 825. The standard InChI is InChI=1S/C27H41N5O/c1-2-3-4-5-6-7-8-9-10-11-12-13-14-15-16-20-26(33)31-27-24(22-28)23-30-32(27)25-19-17-18-21-29-25/h17-19,21,23H,2-16,20H2,1H3,(H,31,33). The second-order valence-corrected chi connectivity index (χ2v) is 8.87. The Labute approximate surface area is 199 Å². The molecule has 6 heteroatoms. The van der Waals surface area contributed by atoms with Crippen molar-refractivity contribution >= 4 is 11.7 Å². The number of amides is 1. The van der Waals surface area contributed by atoms with Crippen molar-refractivity contribution in [3.8, 4) is 11.9 Å². The van der Waals surface area contributed by atoms with Crippen LogP contribution in [-0.4, -0.2) is 20.7 Å². The summed E-state index contributed by atoms with van der Waals surface area (Å²) in [4.78, 5) is 16.7. The number of unbranched alkanes of at least 4 members (excludes halogenated alkanes) is 14. The summed E-state index contributed by atoms with van der Waals surface area (Å²) in [5.74, 6) is 0.877. The number of nitrogens with zero attached hydrogens (tertiary/aromatic N) is 4. The van der Waals surface area contributed by atoms with Crippen molar-refractivity contribution in [2.45, 2.75) is 110 Å². The molecule has 0 saturated heterocycles. The number of nitriles is 1. The van der Waals surface area contributed by atoms with E-state index >= 15 is 0 Å². The number of carbonyl (C=O) groups excluding carboxylic acids is 1. The van der Waals surface area contributed by atoms with Crippen LogP contribution in [0.3, 0.4) is 0 Å². The van der Waals surface area contributed by atoms with E-state index in [1.54, 1.807) is 12.3 Å². The van der Waals surface area contributed by atoms with E-state index in [2.05, 4.69) is 28.4 Å². The van der Waals surface area contributed by atoms with Gasteiger partial charge in [-0.05, 0) is 18.6 Å². The molecule has 0 aromatic carbocycles. The third-order valence-electron chi connectivity index (χ3n) is 6.02. The first kappa shape index (κ1) is 26.6. The van der Waals surface area contributed by atoms with E-state index in [9.17, 15) is 10.1 Å². The lowest BCUT2D eigenvalue weighted by Crippen LogP contribution is -2.16. The minimum absolute atomic E-state index is 0.0844. The summed E-state index contributed by atoms with van der Waals surface area (Å²) < 4.78 is 1.50. The Hall–Kier alpha value is -2.68. The number of anilines is 1. The van der Waals surface area contributed by atoms with E-state index in [1.807, 2.05) is 12.1 Å². The maximum absolute atomic E-state index is 12.4. The molecule has 0 bridgehead atoms. The van der Waals surface area contributed by atoms with Crippen molar-refractivity contribution < 1.29 is 4.79 Å². The van der Waals surface area contributed by atoms with E-state index in [0.29, 0.717) is 23.6 Å². The van der Waals surface area contributed by atoms with Gasteiger partial charge in [0.2, 0.25) is 5.91 Å². The molecule has 0 aliphatic rings. The van der Waals surface area contributed by atoms with Gasteiger partial charge >= 0.3 is 0 Å². The number of aromatic nitrogens is 3. The van der Waals surface area contributed by atoms with Gasteiger partial charge in [-0.3, -0.25) is 4.79 Å². The molecule has 0 atom stereocenters. The van der Waals surface area contributed by atoms with Crippen LogP contribution in [0.5, 0.6) is 0 Å². The number of pyridine rings is 1. The molecule has 6 nitrogen and oxygen atoms in total. The number of hydrogen-bond donors (Lipinski definition) is 1. The lowest BCUT2D eigenvalue weighted by Gasteiger charge is -2.09. The molecule has 0 aliphatic carbocycles. The van der Waals surface area contributed by atoms with Crippen LogP contribution >= 0.6 is 0 Å². The molecule has 2 aromatic rings. The fourth-order valence-corrected chi connectivity index (χ4v) is 4.05. The average Bonchev–Trinajstić information content (AvgIpc) is 3.24. The summed E-state index contributed by atoms with van der Waals surface area (Å²) in [6, 6.07) is 7.53. The summed E-state index contributed by atoms with van der Waals surface area (Å²) in [7, 11) is 0. The van der Waals surface area contributed by atoms with Crippen LogP contribution in [0.25, 0.3) is 5.82 Å². The van der Waals surface area contributed by atoms with Gasteiger partial charge in [0.05, 0.1) is 6.20 Å². The average molecular weight is 452 g/mol. The highest BCUT2D eigenvalue weighted by atomic mass is 16.1. The Morgan fingerprint density at radius 1 is 0.909 bits per heavy atom. The van der Waals surface area contributed by atoms with Crippen molar-refractivity contribution in [1.29, 1.82) is 5.26 Å². The van der Waals surface area contributed by atoms with Crippen LogP contribution in [0.2, 0.25) is 0 Å². The molecule has 0 spiro atoms. The van der Waals surface area contributed by atoms with Crippen molar-refractivity contribution in [2.75, 3.05) is 5.32 Å². The van der Waals surface area contributed by atoms with Crippen molar-refractivity contribution in [1.82, 2.24) is 14.8 Å². The molecule has 0 aliphatic heterocycles. The van der Waals surface area contributed by atoms with Crippen molar-refractivity contribution in [3.05, 3.63) is 36.2 Å². The summed E-state index contributed by atoms with van der Waals surface area (Å²) in [6.45, 7) is 2.27. The first-order valence-corrected chi connectivity index (χ1v) is 13.0. The van der Waals surface area contributed by atoms with Crippen LogP contribution in [-0.2, 0) is 4.79 Å². The smallest absolute Gasteiger partial charge is 0.225 e. The van der Waals surface area contributed by atoms with Gasteiger partial charge in [-0.15, -0.1) is 0 Å². The lowest BCUT2D eigenvalue weighted by atomic mass is 10.0. The zero-order valence-corrected chi connectivity index (χ0v) is 20.4. The predicted molar refractivity (Wildman–Crippen MR) is 134 cm³/mol. The van der Waals surface area contributed by atoms with Gasteiger partial charge < -0.3 is 5.32 Å². The molecule has 1 amide bonds. The highest BCUT2D eigenvalue weighted by Gasteiger charge is 2.15. The summed E-state index contributed by atoms with van der Waals surface area (Å²) >= 11 is 0. The SMILES string of the molecule is CCCCCCCCCCCCCCCCCC(=O)Nc1c(C#N)cnn1-c1ccccn1. The molecule has 1 N–H and O–H groups in total. The van der Waals surface area contributed by atoms with E-state index in [0.717, 1.165) is 12.8 Å². The van der Waals surface area contributed by atoms with Crippen LogP contribution in [0.4, 0.5) is 5.82 Å². The van der Waals surface area contributed by atoms with E-state index < -0.39 is 0 Å². The zero-order valence-electron chi connectivity index (χ0n) is 20.4. The molecule has 0 radical (unpaired) electrons. The molecule has 2 rings (SSSR count). The molecule has 2 aromatic heterocycles.